The van der Waals surface area contributed by atoms with Gasteiger partial charge >= 0.3 is 0 Å². The molecule has 0 saturated carbocycles. The van der Waals surface area contributed by atoms with Crippen molar-refractivity contribution in [3.05, 3.63) is 61.0 Å². The van der Waals surface area contributed by atoms with Gasteiger partial charge < -0.3 is 14.1 Å². The van der Waals surface area contributed by atoms with Gasteiger partial charge in [0.15, 0.2) is 12.0 Å². The second-order valence-electron chi connectivity index (χ2n) is 4.63. The molecule has 0 fully saturated rings. The first-order valence-electron chi connectivity index (χ1n) is 6.36. The molecule has 102 valence electrons. The van der Waals surface area contributed by atoms with E-state index < -0.39 is 0 Å². The van der Waals surface area contributed by atoms with Gasteiger partial charge in [-0.15, -0.1) is 0 Å². The van der Waals surface area contributed by atoms with Crippen molar-refractivity contribution in [1.29, 1.82) is 0 Å². The number of hydrogen-bond donors (Lipinski definition) is 1. The minimum Gasteiger partial charge on any atom is -0.443 e. The van der Waals surface area contributed by atoms with Crippen molar-refractivity contribution < 1.29 is 9.21 Å². The molecular formula is C15H10N4O2. The smallest absolute Gasteiger partial charge is 0.255 e. The predicted molar refractivity (Wildman–Crippen MR) is 77.2 cm³/mol. The number of hydrogen-bond acceptors (Lipinski definition) is 4. The SMILES string of the molecule is O=C(Nc1ccc2ocnc2c1)c1ccn2cncc2c1. The standard InChI is InChI=1S/C15H10N4O2/c20-15(10-3-4-19-8-16-7-12(19)5-10)18-11-1-2-14-13(6-11)17-9-21-14/h1-9H,(H,18,20). The number of benzene rings is 1. The molecule has 3 aromatic heterocycles. The first-order chi connectivity index (χ1) is 10.3. The molecule has 0 saturated heterocycles. The maximum Gasteiger partial charge on any atom is 0.255 e. The Labute approximate surface area is 119 Å². The van der Waals surface area contributed by atoms with Crippen LogP contribution in [0, 0.1) is 0 Å². The lowest BCUT2D eigenvalue weighted by Crippen LogP contribution is -2.12. The van der Waals surface area contributed by atoms with Crippen molar-refractivity contribution in [3.63, 3.8) is 0 Å². The quantitative estimate of drug-likeness (QED) is 0.612. The summed E-state index contributed by atoms with van der Waals surface area (Å²) in [7, 11) is 0. The van der Waals surface area contributed by atoms with Gasteiger partial charge in [0, 0.05) is 17.4 Å². The van der Waals surface area contributed by atoms with Gasteiger partial charge in [0.1, 0.15) is 5.52 Å². The normalized spacial score (nSPS) is 11.0. The van der Waals surface area contributed by atoms with Crippen LogP contribution in [0.3, 0.4) is 0 Å². The highest BCUT2D eigenvalue weighted by molar-refractivity contribution is 6.05. The summed E-state index contributed by atoms with van der Waals surface area (Å²) in [6.45, 7) is 0. The summed E-state index contributed by atoms with van der Waals surface area (Å²) in [5, 5.41) is 2.85. The van der Waals surface area contributed by atoms with E-state index in [1.165, 1.54) is 6.39 Å². The van der Waals surface area contributed by atoms with Crippen molar-refractivity contribution in [2.45, 2.75) is 0 Å². The van der Waals surface area contributed by atoms with E-state index in [9.17, 15) is 4.79 Å². The molecule has 1 N–H and O–H groups in total. The van der Waals surface area contributed by atoms with Crippen LogP contribution >= 0.6 is 0 Å². The number of pyridine rings is 1. The highest BCUT2D eigenvalue weighted by Crippen LogP contribution is 2.18. The third-order valence-electron chi connectivity index (χ3n) is 3.26. The number of fused-ring (bicyclic) bond motifs is 2. The topological polar surface area (TPSA) is 72.4 Å². The monoisotopic (exact) mass is 278 g/mol. The van der Waals surface area contributed by atoms with Gasteiger partial charge in [-0.05, 0) is 30.3 Å². The molecule has 4 aromatic rings. The Balaban J connectivity index is 1.64. The van der Waals surface area contributed by atoms with Crippen molar-refractivity contribution in [2.75, 3.05) is 5.32 Å². The molecule has 0 unspecified atom stereocenters. The average molecular weight is 278 g/mol. The Morgan fingerprint density at radius 2 is 2.19 bits per heavy atom. The van der Waals surface area contributed by atoms with Crippen molar-refractivity contribution in [1.82, 2.24) is 14.4 Å². The van der Waals surface area contributed by atoms with Gasteiger partial charge in [0.05, 0.1) is 18.0 Å². The van der Waals surface area contributed by atoms with E-state index in [2.05, 4.69) is 15.3 Å². The van der Waals surface area contributed by atoms with Crippen molar-refractivity contribution >= 4 is 28.2 Å². The Morgan fingerprint density at radius 3 is 3.14 bits per heavy atom. The molecule has 1 amide bonds. The Kier molecular flexibility index (Phi) is 2.47. The molecule has 21 heavy (non-hydrogen) atoms. The second-order valence-corrected chi connectivity index (χ2v) is 4.63. The summed E-state index contributed by atoms with van der Waals surface area (Å²) in [4.78, 5) is 20.4. The highest BCUT2D eigenvalue weighted by atomic mass is 16.3. The van der Waals surface area contributed by atoms with Crippen LogP contribution in [0.4, 0.5) is 5.69 Å². The molecule has 6 nitrogen and oxygen atoms in total. The fraction of sp³-hybridized carbons (Fsp3) is 0. The Bertz CT molecular complexity index is 954. The van der Waals surface area contributed by atoms with E-state index in [4.69, 9.17) is 4.42 Å². The van der Waals surface area contributed by atoms with Gasteiger partial charge in [0.2, 0.25) is 0 Å². The second kappa shape index (κ2) is 4.45. The van der Waals surface area contributed by atoms with E-state index in [1.807, 2.05) is 4.40 Å². The molecular weight excluding hydrogens is 268 g/mol. The van der Waals surface area contributed by atoms with Crippen LogP contribution in [0.25, 0.3) is 16.6 Å². The van der Waals surface area contributed by atoms with Crippen LogP contribution in [-0.4, -0.2) is 20.3 Å². The number of anilines is 1. The molecule has 0 spiro atoms. The number of amides is 1. The lowest BCUT2D eigenvalue weighted by Gasteiger charge is -2.05. The Hall–Kier alpha value is -3.15. The molecule has 0 atom stereocenters. The molecule has 3 heterocycles. The van der Waals surface area contributed by atoms with E-state index in [-0.39, 0.29) is 5.91 Å². The van der Waals surface area contributed by atoms with Crippen LogP contribution in [0.5, 0.6) is 0 Å². The van der Waals surface area contributed by atoms with Crippen LogP contribution in [0.15, 0.2) is 59.9 Å². The summed E-state index contributed by atoms with van der Waals surface area (Å²) < 4.78 is 7.01. The molecule has 1 aromatic carbocycles. The average Bonchev–Trinajstić information content (AvgIpc) is 3.14. The lowest BCUT2D eigenvalue weighted by molar-refractivity contribution is 0.102. The number of aromatic nitrogens is 3. The van der Waals surface area contributed by atoms with Gasteiger partial charge in [0.25, 0.3) is 5.91 Å². The maximum atomic E-state index is 12.3. The number of nitrogens with zero attached hydrogens (tertiary/aromatic N) is 3. The highest BCUT2D eigenvalue weighted by Gasteiger charge is 2.08. The third kappa shape index (κ3) is 2.02. The molecule has 0 bridgehead atoms. The zero-order valence-electron chi connectivity index (χ0n) is 10.9. The van der Waals surface area contributed by atoms with Crippen molar-refractivity contribution in [3.8, 4) is 0 Å². The lowest BCUT2D eigenvalue weighted by atomic mass is 10.2. The van der Waals surface area contributed by atoms with Gasteiger partial charge in [-0.1, -0.05) is 0 Å². The maximum absolute atomic E-state index is 12.3. The van der Waals surface area contributed by atoms with E-state index in [0.717, 1.165) is 5.52 Å². The van der Waals surface area contributed by atoms with Crippen LogP contribution < -0.4 is 5.32 Å². The number of oxazole rings is 1. The summed E-state index contributed by atoms with van der Waals surface area (Å²) in [5.74, 6) is -0.179. The minimum atomic E-state index is -0.179. The van der Waals surface area contributed by atoms with Crippen molar-refractivity contribution in [2.24, 2.45) is 0 Å². The van der Waals surface area contributed by atoms with Crippen LogP contribution in [0.1, 0.15) is 10.4 Å². The molecule has 6 heteroatoms. The molecule has 0 aliphatic carbocycles. The number of imidazole rings is 1. The number of rotatable bonds is 2. The van der Waals surface area contributed by atoms with Gasteiger partial charge in [-0.2, -0.15) is 0 Å². The summed E-state index contributed by atoms with van der Waals surface area (Å²) in [5.41, 5.74) is 3.51. The van der Waals surface area contributed by atoms with Gasteiger partial charge in [-0.3, -0.25) is 4.79 Å². The first kappa shape index (κ1) is 11.7. The molecule has 0 aliphatic rings. The molecule has 4 rings (SSSR count). The minimum absolute atomic E-state index is 0.179. The summed E-state index contributed by atoms with van der Waals surface area (Å²) in [6, 6.07) is 8.87. The van der Waals surface area contributed by atoms with E-state index in [0.29, 0.717) is 22.4 Å². The summed E-state index contributed by atoms with van der Waals surface area (Å²) in [6.07, 6.45) is 6.58. The fourth-order valence-corrected chi connectivity index (χ4v) is 2.20. The van der Waals surface area contributed by atoms with Gasteiger partial charge in [-0.25, -0.2) is 9.97 Å². The largest absolute Gasteiger partial charge is 0.443 e. The zero-order valence-corrected chi connectivity index (χ0v) is 10.9. The first-order valence-corrected chi connectivity index (χ1v) is 6.36. The zero-order chi connectivity index (χ0) is 14.2. The molecule has 0 aliphatic heterocycles. The number of carbonyl (C=O) groups excluding carboxylic acids is 1. The fourth-order valence-electron chi connectivity index (χ4n) is 2.20. The van der Waals surface area contributed by atoms with E-state index in [1.54, 1.807) is 49.1 Å². The number of nitrogens with one attached hydrogen (secondary N) is 1. The van der Waals surface area contributed by atoms with E-state index >= 15 is 0 Å². The summed E-state index contributed by atoms with van der Waals surface area (Å²) >= 11 is 0. The van der Waals surface area contributed by atoms with Crippen LogP contribution in [-0.2, 0) is 0 Å². The number of carbonyl (C=O) groups is 1. The predicted octanol–water partition coefficient (Wildman–Crippen LogP) is 2.73. The third-order valence-corrected chi connectivity index (χ3v) is 3.26. The Morgan fingerprint density at radius 1 is 1.24 bits per heavy atom. The molecule has 0 radical (unpaired) electrons. The van der Waals surface area contributed by atoms with Crippen LogP contribution in [0.2, 0.25) is 0 Å².